The second-order valence-electron chi connectivity index (χ2n) is 9.09. The van der Waals surface area contributed by atoms with E-state index in [1.54, 1.807) is 13.0 Å². The molecular formula is C24H28F2N6O. The van der Waals surface area contributed by atoms with Crippen molar-refractivity contribution < 1.29 is 13.6 Å². The van der Waals surface area contributed by atoms with Crippen LogP contribution in [0, 0.1) is 11.6 Å². The lowest BCUT2D eigenvalue weighted by Gasteiger charge is -2.35. The molecule has 2 aromatic heterocycles. The van der Waals surface area contributed by atoms with E-state index in [0.29, 0.717) is 30.9 Å². The van der Waals surface area contributed by atoms with Gasteiger partial charge in [0.25, 0.3) is 5.91 Å². The Bertz CT molecular complexity index is 1180. The lowest BCUT2D eigenvalue weighted by atomic mass is 9.99. The first-order valence-corrected chi connectivity index (χ1v) is 11.5. The minimum Gasteiger partial charge on any atom is -0.366 e. The van der Waals surface area contributed by atoms with Crippen LogP contribution in [-0.2, 0) is 6.54 Å². The Hall–Kier alpha value is -3.07. The van der Waals surface area contributed by atoms with Crippen molar-refractivity contribution in [3.05, 3.63) is 53.4 Å². The predicted octanol–water partition coefficient (Wildman–Crippen LogP) is 3.20. The Morgan fingerprint density at radius 1 is 1.18 bits per heavy atom. The van der Waals surface area contributed by atoms with E-state index in [2.05, 4.69) is 20.8 Å². The smallest absolute Gasteiger partial charge is 0.271 e. The summed E-state index contributed by atoms with van der Waals surface area (Å²) in [5.74, 6) is -1.69. The number of aromatic nitrogens is 3. The van der Waals surface area contributed by atoms with E-state index in [0.717, 1.165) is 30.4 Å². The van der Waals surface area contributed by atoms with Crippen molar-refractivity contribution in [3.63, 3.8) is 0 Å². The van der Waals surface area contributed by atoms with Crippen LogP contribution in [0.25, 0.3) is 11.0 Å². The molecule has 2 N–H and O–H groups in total. The number of nitrogens with zero attached hydrogens (tertiary/aromatic N) is 4. The molecule has 2 aliphatic heterocycles. The molecule has 7 nitrogen and oxygen atoms in total. The van der Waals surface area contributed by atoms with Crippen molar-refractivity contribution in [1.82, 2.24) is 25.4 Å². The summed E-state index contributed by atoms with van der Waals surface area (Å²) in [6.07, 6.45) is 4.04. The van der Waals surface area contributed by atoms with Gasteiger partial charge in [0.2, 0.25) is 0 Å². The minimum absolute atomic E-state index is 0.155. The monoisotopic (exact) mass is 454 g/mol. The van der Waals surface area contributed by atoms with Crippen LogP contribution in [0.4, 0.5) is 14.5 Å². The molecular weight excluding hydrogens is 426 g/mol. The molecule has 174 valence electrons. The molecule has 2 fully saturated rings. The number of nitrogens with one attached hydrogen (secondary N) is 2. The maximum Gasteiger partial charge on any atom is 0.271 e. The van der Waals surface area contributed by atoms with Gasteiger partial charge >= 0.3 is 0 Å². The summed E-state index contributed by atoms with van der Waals surface area (Å²) in [5, 5.41) is 15.3. The number of amides is 1. The third-order valence-electron chi connectivity index (χ3n) is 6.81. The maximum absolute atomic E-state index is 15.0. The van der Waals surface area contributed by atoms with E-state index in [4.69, 9.17) is 0 Å². The van der Waals surface area contributed by atoms with E-state index in [1.165, 1.54) is 12.1 Å². The van der Waals surface area contributed by atoms with Crippen molar-refractivity contribution in [2.45, 2.75) is 51.2 Å². The number of rotatable bonds is 6. The zero-order valence-corrected chi connectivity index (χ0v) is 18.8. The third-order valence-corrected chi connectivity index (χ3v) is 6.81. The highest BCUT2D eigenvalue weighted by Crippen LogP contribution is 2.31. The van der Waals surface area contributed by atoms with E-state index < -0.39 is 23.5 Å². The maximum atomic E-state index is 15.0. The highest BCUT2D eigenvalue weighted by Gasteiger charge is 2.33. The van der Waals surface area contributed by atoms with Gasteiger partial charge in [-0.05, 0) is 43.5 Å². The molecule has 2 saturated heterocycles. The molecule has 5 rings (SSSR count). The van der Waals surface area contributed by atoms with Crippen molar-refractivity contribution in [2.24, 2.45) is 0 Å². The van der Waals surface area contributed by atoms with E-state index >= 15 is 0 Å². The van der Waals surface area contributed by atoms with Crippen LogP contribution in [0.15, 0.2) is 30.5 Å². The Morgan fingerprint density at radius 2 is 1.94 bits per heavy atom. The van der Waals surface area contributed by atoms with Crippen LogP contribution in [0.1, 0.15) is 48.7 Å². The first-order valence-electron chi connectivity index (χ1n) is 11.5. The Kier molecular flexibility index (Phi) is 5.74. The van der Waals surface area contributed by atoms with Crippen molar-refractivity contribution >= 4 is 22.6 Å². The quantitative estimate of drug-likeness (QED) is 0.598. The summed E-state index contributed by atoms with van der Waals surface area (Å²) in [6.45, 7) is 6.06. The summed E-state index contributed by atoms with van der Waals surface area (Å²) < 4.78 is 31.9. The van der Waals surface area contributed by atoms with Crippen molar-refractivity contribution in [1.29, 1.82) is 0 Å². The number of carbonyl (C=O) groups is 1. The SMILES string of the molecule is CCn1ccc2cc(C(=O)NCC(C)c3cc(F)c(N4CC5CCC(C4)N5)cc3F)nnc21. The van der Waals surface area contributed by atoms with Crippen molar-refractivity contribution in [3.8, 4) is 0 Å². The van der Waals surface area contributed by atoms with Gasteiger partial charge in [0.05, 0.1) is 5.69 Å². The number of carbonyl (C=O) groups excluding carboxylic acids is 1. The topological polar surface area (TPSA) is 75.1 Å². The average Bonchev–Trinajstić information content (AvgIpc) is 3.39. The van der Waals surface area contributed by atoms with Crippen LogP contribution in [0.5, 0.6) is 0 Å². The second-order valence-corrected chi connectivity index (χ2v) is 9.09. The molecule has 1 amide bonds. The number of anilines is 1. The largest absolute Gasteiger partial charge is 0.366 e. The first-order chi connectivity index (χ1) is 15.9. The molecule has 2 bridgehead atoms. The number of hydrogen-bond acceptors (Lipinski definition) is 5. The van der Waals surface area contributed by atoms with Gasteiger partial charge in [0.1, 0.15) is 11.6 Å². The van der Waals surface area contributed by atoms with Gasteiger partial charge in [-0.1, -0.05) is 6.92 Å². The Labute approximate surface area is 191 Å². The summed E-state index contributed by atoms with van der Waals surface area (Å²) in [7, 11) is 0. The third kappa shape index (κ3) is 4.17. The summed E-state index contributed by atoms with van der Waals surface area (Å²) in [6, 6.07) is 6.81. The number of fused-ring (bicyclic) bond motifs is 3. The molecule has 0 radical (unpaired) electrons. The van der Waals surface area contributed by atoms with E-state index in [-0.39, 0.29) is 17.8 Å². The zero-order valence-electron chi connectivity index (χ0n) is 18.8. The van der Waals surface area contributed by atoms with Crippen molar-refractivity contribution in [2.75, 3.05) is 24.5 Å². The zero-order chi connectivity index (χ0) is 23.1. The second kappa shape index (κ2) is 8.70. The number of benzene rings is 1. The lowest BCUT2D eigenvalue weighted by molar-refractivity contribution is 0.0945. The molecule has 3 atom stereocenters. The molecule has 1 aromatic carbocycles. The van der Waals surface area contributed by atoms with E-state index in [1.807, 2.05) is 28.7 Å². The minimum atomic E-state index is -0.457. The van der Waals surface area contributed by atoms with Gasteiger partial charge in [0, 0.05) is 61.8 Å². The Balaban J connectivity index is 1.26. The van der Waals surface area contributed by atoms with Crippen LogP contribution >= 0.6 is 0 Å². The number of hydrogen-bond donors (Lipinski definition) is 2. The van der Waals surface area contributed by atoms with Gasteiger partial charge in [-0.25, -0.2) is 8.78 Å². The fourth-order valence-corrected chi connectivity index (χ4v) is 4.96. The summed E-state index contributed by atoms with van der Waals surface area (Å²) >= 11 is 0. The summed E-state index contributed by atoms with van der Waals surface area (Å²) in [4.78, 5) is 14.5. The number of halogens is 2. The molecule has 0 aliphatic carbocycles. The predicted molar refractivity (Wildman–Crippen MR) is 122 cm³/mol. The standard InChI is InChI=1S/C24H28F2N6O/c1-3-31-7-6-15-8-21(29-30-23(15)31)24(33)27-11-14(2)18-9-20(26)22(10-19(18)25)32-12-16-4-5-17(13-32)28-16/h6-10,14,16-17,28H,3-5,11-13H2,1-2H3,(H,27,33). The lowest BCUT2D eigenvalue weighted by Crippen LogP contribution is -2.51. The molecule has 3 unspecified atom stereocenters. The molecule has 4 heterocycles. The summed E-state index contributed by atoms with van der Waals surface area (Å²) in [5.41, 5.74) is 1.47. The average molecular weight is 455 g/mol. The van der Waals surface area contributed by atoms with Crippen LogP contribution in [0.2, 0.25) is 0 Å². The van der Waals surface area contributed by atoms with Gasteiger partial charge in [-0.2, -0.15) is 0 Å². The molecule has 3 aromatic rings. The highest BCUT2D eigenvalue weighted by atomic mass is 19.1. The molecule has 9 heteroatoms. The van der Waals surface area contributed by atoms with Gasteiger partial charge in [-0.15, -0.1) is 10.2 Å². The number of aryl methyl sites for hydroxylation is 1. The highest BCUT2D eigenvalue weighted by molar-refractivity contribution is 5.95. The normalized spacial score (nSPS) is 20.9. The first kappa shape index (κ1) is 21.8. The van der Waals surface area contributed by atoms with Gasteiger partial charge in [0.15, 0.2) is 11.3 Å². The van der Waals surface area contributed by atoms with Gasteiger partial charge < -0.3 is 20.1 Å². The van der Waals surface area contributed by atoms with Crippen LogP contribution in [0.3, 0.4) is 0 Å². The fourth-order valence-electron chi connectivity index (χ4n) is 4.96. The molecule has 2 aliphatic rings. The number of piperazine rings is 1. The fraction of sp³-hybridized carbons (Fsp3) is 0.458. The molecule has 33 heavy (non-hydrogen) atoms. The van der Waals surface area contributed by atoms with Crippen LogP contribution < -0.4 is 15.5 Å². The van der Waals surface area contributed by atoms with E-state index in [9.17, 15) is 13.6 Å². The van der Waals surface area contributed by atoms with Gasteiger partial charge in [-0.3, -0.25) is 4.79 Å². The molecule has 0 spiro atoms. The molecule has 0 saturated carbocycles. The van der Waals surface area contributed by atoms with Crippen LogP contribution in [-0.4, -0.2) is 52.4 Å². The Morgan fingerprint density at radius 3 is 2.67 bits per heavy atom.